The number of rotatable bonds is 2. The highest BCUT2D eigenvalue weighted by atomic mass is 16.5. The van der Waals surface area contributed by atoms with Crippen molar-refractivity contribution < 1.29 is 9.53 Å². The van der Waals surface area contributed by atoms with Gasteiger partial charge in [-0.1, -0.05) is 6.07 Å². The Labute approximate surface area is 125 Å². The van der Waals surface area contributed by atoms with E-state index in [4.69, 9.17) is 4.74 Å². The molecule has 2 aliphatic heterocycles. The number of likely N-dealkylation sites (tertiary alicyclic amines) is 1. The van der Waals surface area contributed by atoms with Gasteiger partial charge in [-0.15, -0.1) is 0 Å². The summed E-state index contributed by atoms with van der Waals surface area (Å²) in [5.41, 5.74) is 1.59. The van der Waals surface area contributed by atoms with Crippen LogP contribution in [0.3, 0.4) is 0 Å². The van der Waals surface area contributed by atoms with Crippen LogP contribution in [0.15, 0.2) is 18.2 Å². The van der Waals surface area contributed by atoms with Crippen molar-refractivity contribution in [1.82, 2.24) is 9.80 Å². The normalized spacial score (nSPS) is 19.3. The second-order valence-electron chi connectivity index (χ2n) is 5.91. The van der Waals surface area contributed by atoms with Gasteiger partial charge in [-0.3, -0.25) is 4.79 Å². The molecular weight excluding hydrogens is 266 g/mol. The predicted molar refractivity (Wildman–Crippen MR) is 83.0 cm³/mol. The number of ether oxygens (including phenoxy) is 1. The molecule has 0 aliphatic carbocycles. The first-order valence-corrected chi connectivity index (χ1v) is 7.62. The largest absolute Gasteiger partial charge is 0.489 e. The zero-order chi connectivity index (χ0) is 14.8. The Balaban J connectivity index is 1.78. The van der Waals surface area contributed by atoms with E-state index in [1.807, 2.05) is 30.1 Å². The Morgan fingerprint density at radius 2 is 2.14 bits per heavy atom. The van der Waals surface area contributed by atoms with Gasteiger partial charge in [-0.05, 0) is 45.1 Å². The molecule has 0 bridgehead atoms. The summed E-state index contributed by atoms with van der Waals surface area (Å²) in [5.74, 6) is 0.763. The zero-order valence-corrected chi connectivity index (χ0v) is 12.8. The van der Waals surface area contributed by atoms with Gasteiger partial charge in [-0.2, -0.15) is 0 Å². The van der Waals surface area contributed by atoms with Crippen LogP contribution in [0.4, 0.5) is 5.69 Å². The van der Waals surface area contributed by atoms with Crippen molar-refractivity contribution in [2.75, 3.05) is 45.7 Å². The highest BCUT2D eigenvalue weighted by Gasteiger charge is 2.27. The maximum atomic E-state index is 12.8. The monoisotopic (exact) mass is 289 g/mol. The minimum atomic E-state index is 0.0603. The van der Waals surface area contributed by atoms with Gasteiger partial charge in [0, 0.05) is 19.6 Å². The third-order valence-corrected chi connectivity index (χ3v) is 4.47. The number of anilines is 1. The van der Waals surface area contributed by atoms with Crippen LogP contribution < -0.4 is 10.1 Å². The quantitative estimate of drug-likeness (QED) is 0.899. The number of amides is 1. The summed E-state index contributed by atoms with van der Waals surface area (Å²) in [6.45, 7) is 3.49. The Hall–Kier alpha value is -1.75. The van der Waals surface area contributed by atoms with Crippen molar-refractivity contribution in [1.29, 1.82) is 0 Å². The first kappa shape index (κ1) is 14.2. The molecule has 0 aromatic heterocycles. The van der Waals surface area contributed by atoms with Crippen molar-refractivity contribution in [3.63, 3.8) is 0 Å². The van der Waals surface area contributed by atoms with Crippen LogP contribution in [0.5, 0.6) is 5.75 Å². The molecule has 21 heavy (non-hydrogen) atoms. The predicted octanol–water partition coefficient (Wildman–Crippen LogP) is 1.66. The second-order valence-corrected chi connectivity index (χ2v) is 5.91. The van der Waals surface area contributed by atoms with E-state index in [1.165, 1.54) is 0 Å². The van der Waals surface area contributed by atoms with Crippen LogP contribution in [0, 0.1) is 0 Å². The minimum absolute atomic E-state index is 0.0603. The molecular formula is C16H23N3O2. The summed E-state index contributed by atoms with van der Waals surface area (Å²) < 4.78 is 5.71. The van der Waals surface area contributed by atoms with Gasteiger partial charge < -0.3 is 19.9 Å². The lowest BCUT2D eigenvalue weighted by atomic mass is 10.0. The second kappa shape index (κ2) is 5.93. The lowest BCUT2D eigenvalue weighted by Crippen LogP contribution is -2.44. The molecule has 0 radical (unpaired) electrons. The van der Waals surface area contributed by atoms with Crippen LogP contribution >= 0.6 is 0 Å². The Morgan fingerprint density at radius 3 is 2.90 bits per heavy atom. The summed E-state index contributed by atoms with van der Waals surface area (Å²) >= 11 is 0. The molecule has 1 fully saturated rings. The summed E-state index contributed by atoms with van der Waals surface area (Å²) in [6.07, 6.45) is 2.07. The number of fused-ring (bicyclic) bond motifs is 1. The topological polar surface area (TPSA) is 44.8 Å². The average Bonchev–Trinajstić information content (AvgIpc) is 2.53. The summed E-state index contributed by atoms with van der Waals surface area (Å²) in [7, 11) is 4.04. The standard InChI is InChI=1S/C16H23N3O2/c1-18-9-6-12(7-10-18)19(2)16(20)13-4-3-5-14-15(13)21-11-8-17-14/h3-5,12,17H,6-11H2,1-2H3. The number of benzene rings is 1. The molecule has 1 amide bonds. The fourth-order valence-corrected chi connectivity index (χ4v) is 3.08. The smallest absolute Gasteiger partial charge is 0.257 e. The highest BCUT2D eigenvalue weighted by molar-refractivity contribution is 5.99. The molecule has 1 saturated heterocycles. The van der Waals surface area contributed by atoms with Crippen LogP contribution in [-0.4, -0.2) is 62.1 Å². The Morgan fingerprint density at radius 1 is 1.38 bits per heavy atom. The van der Waals surface area contributed by atoms with Gasteiger partial charge in [0.25, 0.3) is 5.91 Å². The molecule has 1 aromatic rings. The molecule has 114 valence electrons. The highest BCUT2D eigenvalue weighted by Crippen LogP contribution is 2.32. The minimum Gasteiger partial charge on any atom is -0.489 e. The molecule has 3 rings (SSSR count). The number of carbonyl (C=O) groups excluding carboxylic acids is 1. The number of piperidine rings is 1. The van der Waals surface area contributed by atoms with Gasteiger partial charge in [-0.25, -0.2) is 0 Å². The molecule has 1 aromatic carbocycles. The molecule has 0 saturated carbocycles. The van der Waals surface area contributed by atoms with Crippen molar-refractivity contribution in [2.24, 2.45) is 0 Å². The number of para-hydroxylation sites is 1. The number of nitrogens with zero attached hydrogens (tertiary/aromatic N) is 2. The number of hydrogen-bond acceptors (Lipinski definition) is 4. The third kappa shape index (κ3) is 2.83. The fraction of sp³-hybridized carbons (Fsp3) is 0.562. The number of carbonyl (C=O) groups is 1. The third-order valence-electron chi connectivity index (χ3n) is 4.47. The molecule has 5 nitrogen and oxygen atoms in total. The van der Waals surface area contributed by atoms with E-state index in [2.05, 4.69) is 17.3 Å². The lowest BCUT2D eigenvalue weighted by Gasteiger charge is -2.35. The maximum absolute atomic E-state index is 12.8. The Bertz CT molecular complexity index is 524. The van der Waals surface area contributed by atoms with E-state index in [-0.39, 0.29) is 5.91 Å². The maximum Gasteiger partial charge on any atom is 0.257 e. The molecule has 0 spiro atoms. The molecule has 5 heteroatoms. The van der Waals surface area contributed by atoms with Crippen molar-refractivity contribution in [3.8, 4) is 5.75 Å². The van der Waals surface area contributed by atoms with Gasteiger partial charge in [0.15, 0.2) is 5.75 Å². The SMILES string of the molecule is CN1CCC(N(C)C(=O)c2cccc3c2OCCN3)CC1. The van der Waals surface area contributed by atoms with E-state index < -0.39 is 0 Å². The van der Waals surface area contributed by atoms with Gasteiger partial charge >= 0.3 is 0 Å². The molecule has 0 unspecified atom stereocenters. The summed E-state index contributed by atoms with van der Waals surface area (Å²) in [4.78, 5) is 17.0. The first-order chi connectivity index (χ1) is 10.2. The van der Waals surface area contributed by atoms with E-state index in [0.717, 1.165) is 38.2 Å². The van der Waals surface area contributed by atoms with E-state index in [9.17, 15) is 4.79 Å². The first-order valence-electron chi connectivity index (χ1n) is 7.62. The van der Waals surface area contributed by atoms with E-state index in [1.54, 1.807) is 0 Å². The molecule has 2 aliphatic rings. The van der Waals surface area contributed by atoms with Crippen LogP contribution in [0.1, 0.15) is 23.2 Å². The average molecular weight is 289 g/mol. The fourth-order valence-electron chi connectivity index (χ4n) is 3.08. The van der Waals surface area contributed by atoms with Gasteiger partial charge in [0.2, 0.25) is 0 Å². The van der Waals surface area contributed by atoms with Gasteiger partial charge in [0.1, 0.15) is 6.61 Å². The van der Waals surface area contributed by atoms with Crippen LogP contribution in [0.2, 0.25) is 0 Å². The summed E-state index contributed by atoms with van der Waals surface area (Å²) in [5, 5.41) is 3.28. The number of nitrogens with one attached hydrogen (secondary N) is 1. The molecule has 1 N–H and O–H groups in total. The van der Waals surface area contributed by atoms with E-state index >= 15 is 0 Å². The van der Waals surface area contributed by atoms with Crippen LogP contribution in [-0.2, 0) is 0 Å². The zero-order valence-electron chi connectivity index (χ0n) is 12.8. The van der Waals surface area contributed by atoms with Gasteiger partial charge in [0.05, 0.1) is 11.3 Å². The van der Waals surface area contributed by atoms with Crippen LogP contribution in [0.25, 0.3) is 0 Å². The Kier molecular flexibility index (Phi) is 4.01. The van der Waals surface area contributed by atoms with Crippen molar-refractivity contribution in [2.45, 2.75) is 18.9 Å². The molecule has 0 atom stereocenters. The number of hydrogen-bond donors (Lipinski definition) is 1. The lowest BCUT2D eigenvalue weighted by molar-refractivity contribution is 0.0655. The molecule has 2 heterocycles. The van der Waals surface area contributed by atoms with Crippen molar-refractivity contribution in [3.05, 3.63) is 23.8 Å². The van der Waals surface area contributed by atoms with E-state index in [0.29, 0.717) is 24.0 Å². The summed E-state index contributed by atoms with van der Waals surface area (Å²) in [6, 6.07) is 6.05. The van der Waals surface area contributed by atoms with Crippen molar-refractivity contribution >= 4 is 11.6 Å².